The van der Waals surface area contributed by atoms with E-state index in [0.717, 1.165) is 19.3 Å². The molecule has 4 N–H and O–H groups in total. The SMILES string of the molecule is CC(C)(C)OC(=O)N[C@H](CN)C(C)(C)C.CC(C)(C)OC(=O)N[C@H](CN1CCCCS1(=O)=O)C(C)(C)C.O=S1(=O)CCCCO1. The number of nitrogens with zero attached hydrogens (tertiary/aromatic N) is 1. The molecule has 13 nitrogen and oxygen atoms in total. The van der Waals surface area contributed by atoms with Gasteiger partial charge in [-0.2, -0.15) is 12.7 Å². The maximum Gasteiger partial charge on any atom is 0.407 e. The first-order chi connectivity index (χ1) is 20.1. The fourth-order valence-electron chi connectivity index (χ4n) is 3.94. The number of carbonyl (C=O) groups excluding carboxylic acids is 2. The Bertz CT molecular complexity index is 1120. The molecule has 2 rings (SSSR count). The van der Waals surface area contributed by atoms with Gasteiger partial charge in [-0.15, -0.1) is 0 Å². The Labute approximate surface area is 273 Å². The smallest absolute Gasteiger partial charge is 0.407 e. The predicted molar refractivity (Wildman–Crippen MR) is 178 cm³/mol. The normalized spacial score (nSPS) is 20.1. The molecule has 0 aromatic heterocycles. The van der Waals surface area contributed by atoms with Gasteiger partial charge in [-0.3, -0.25) is 4.18 Å². The Kier molecular flexibility index (Phi) is 16.8. The molecule has 2 saturated heterocycles. The van der Waals surface area contributed by atoms with Crippen LogP contribution in [0.1, 0.15) is 109 Å². The molecule has 2 atom stereocenters. The van der Waals surface area contributed by atoms with E-state index in [1.807, 2.05) is 62.3 Å². The standard InChI is InChI=1S/C15H30N2O4S.C11H24N2O2.C4H8O3S/c1-14(2,3)12(16-13(18)21-15(4,5)6)11-17-9-7-8-10-22(17,19)20;1-10(2,3)8(7-12)13-9(14)15-11(4,5)6;5-8(6)4-2-1-3-7-8/h12H,7-11H2,1-6H3,(H,16,18);8H,7,12H2,1-6H3,(H,13,14);1-4H2/t12-;8-;/m11./s1. The second-order valence-corrected chi connectivity index (χ2v) is 19.4. The van der Waals surface area contributed by atoms with Crippen LogP contribution in [0.3, 0.4) is 0 Å². The van der Waals surface area contributed by atoms with Gasteiger partial charge in [0.2, 0.25) is 10.0 Å². The summed E-state index contributed by atoms with van der Waals surface area (Å²) in [7, 11) is -6.29. The van der Waals surface area contributed by atoms with E-state index in [1.54, 1.807) is 20.8 Å². The molecule has 268 valence electrons. The van der Waals surface area contributed by atoms with E-state index in [9.17, 15) is 26.4 Å². The summed E-state index contributed by atoms with van der Waals surface area (Å²) in [6, 6.07) is -0.387. The summed E-state index contributed by atoms with van der Waals surface area (Å²) in [6.45, 7) is 24.5. The van der Waals surface area contributed by atoms with E-state index >= 15 is 0 Å². The van der Waals surface area contributed by atoms with Crippen molar-refractivity contribution < 1.29 is 40.1 Å². The third-order valence-corrected chi connectivity index (χ3v) is 9.84. The largest absolute Gasteiger partial charge is 0.444 e. The Morgan fingerprint density at radius 3 is 1.49 bits per heavy atom. The lowest BCUT2D eigenvalue weighted by molar-refractivity contribution is 0.0447. The number of hydrogen-bond donors (Lipinski definition) is 3. The van der Waals surface area contributed by atoms with E-state index in [2.05, 4.69) is 14.8 Å². The molecular formula is C30H62N4O9S2. The Morgan fingerprint density at radius 1 is 0.733 bits per heavy atom. The van der Waals surface area contributed by atoms with Crippen molar-refractivity contribution in [2.45, 2.75) is 132 Å². The molecule has 0 aliphatic carbocycles. The van der Waals surface area contributed by atoms with Crippen LogP contribution in [0.25, 0.3) is 0 Å². The van der Waals surface area contributed by atoms with Crippen LogP contribution in [0.2, 0.25) is 0 Å². The van der Waals surface area contributed by atoms with Crippen molar-refractivity contribution in [1.82, 2.24) is 14.9 Å². The van der Waals surface area contributed by atoms with Crippen molar-refractivity contribution in [1.29, 1.82) is 0 Å². The zero-order valence-corrected chi connectivity index (χ0v) is 31.4. The van der Waals surface area contributed by atoms with E-state index in [-0.39, 0.29) is 41.0 Å². The Morgan fingerprint density at radius 2 is 1.18 bits per heavy atom. The molecule has 2 aliphatic rings. The van der Waals surface area contributed by atoms with E-state index in [4.69, 9.17) is 15.2 Å². The second-order valence-electron chi connectivity index (χ2n) is 15.5. The van der Waals surface area contributed by atoms with Crippen LogP contribution in [-0.2, 0) is 33.8 Å². The van der Waals surface area contributed by atoms with Gasteiger partial charge in [0.15, 0.2) is 0 Å². The first kappa shape index (κ1) is 43.3. The van der Waals surface area contributed by atoms with Crippen LogP contribution < -0.4 is 16.4 Å². The highest BCUT2D eigenvalue weighted by Gasteiger charge is 2.35. The van der Waals surface area contributed by atoms with Gasteiger partial charge in [-0.25, -0.2) is 18.0 Å². The minimum Gasteiger partial charge on any atom is -0.444 e. The lowest BCUT2D eigenvalue weighted by Crippen LogP contribution is -2.54. The quantitative estimate of drug-likeness (QED) is 0.351. The lowest BCUT2D eigenvalue weighted by Gasteiger charge is -2.37. The summed E-state index contributed by atoms with van der Waals surface area (Å²) >= 11 is 0. The van der Waals surface area contributed by atoms with Gasteiger partial charge in [0.05, 0.1) is 24.2 Å². The van der Waals surface area contributed by atoms with Crippen molar-refractivity contribution in [2.24, 2.45) is 16.6 Å². The Hall–Kier alpha value is -1.68. The topological polar surface area (TPSA) is 183 Å². The molecule has 0 bridgehead atoms. The molecule has 0 radical (unpaired) electrons. The second kappa shape index (κ2) is 17.5. The minimum absolute atomic E-state index is 0.0638. The molecule has 0 aromatic rings. The number of amides is 2. The number of alkyl carbamates (subject to hydrolysis) is 2. The fourth-order valence-corrected chi connectivity index (χ4v) is 6.60. The molecule has 0 unspecified atom stereocenters. The number of ether oxygens (including phenoxy) is 2. The number of carbonyl (C=O) groups is 2. The van der Waals surface area contributed by atoms with Crippen molar-refractivity contribution in [3.8, 4) is 0 Å². The van der Waals surface area contributed by atoms with Crippen molar-refractivity contribution in [3.63, 3.8) is 0 Å². The summed E-state index contributed by atoms with van der Waals surface area (Å²) in [5.41, 5.74) is 4.21. The van der Waals surface area contributed by atoms with Crippen LogP contribution in [-0.4, -0.2) is 94.4 Å². The zero-order valence-electron chi connectivity index (χ0n) is 29.7. The van der Waals surface area contributed by atoms with Crippen LogP contribution in [0.4, 0.5) is 9.59 Å². The minimum atomic E-state index is -3.21. The molecule has 2 amide bonds. The number of nitrogens with one attached hydrogen (secondary N) is 2. The van der Waals surface area contributed by atoms with Gasteiger partial charge in [0.1, 0.15) is 11.2 Å². The van der Waals surface area contributed by atoms with Crippen LogP contribution in [0, 0.1) is 10.8 Å². The average Bonchev–Trinajstić information content (AvgIpc) is 2.80. The molecule has 15 heteroatoms. The van der Waals surface area contributed by atoms with Gasteiger partial charge in [0.25, 0.3) is 10.1 Å². The molecule has 2 aliphatic heterocycles. The van der Waals surface area contributed by atoms with Crippen LogP contribution >= 0.6 is 0 Å². The fraction of sp³-hybridized carbons (Fsp3) is 0.933. The first-order valence-electron chi connectivity index (χ1n) is 15.6. The highest BCUT2D eigenvalue weighted by molar-refractivity contribution is 7.89. The van der Waals surface area contributed by atoms with Gasteiger partial charge in [0, 0.05) is 25.7 Å². The molecule has 45 heavy (non-hydrogen) atoms. The predicted octanol–water partition coefficient (Wildman–Crippen LogP) is 4.36. The maximum atomic E-state index is 12.1. The first-order valence-corrected chi connectivity index (χ1v) is 18.8. The molecular weight excluding hydrogens is 624 g/mol. The number of sulfonamides is 1. The number of nitrogens with two attached hydrogens (primary N) is 1. The zero-order chi connectivity index (χ0) is 35.5. The third-order valence-electron chi connectivity index (χ3n) is 6.60. The summed E-state index contributed by atoms with van der Waals surface area (Å²) < 4.78 is 61.5. The van der Waals surface area contributed by atoms with Crippen LogP contribution in [0.15, 0.2) is 0 Å². The molecule has 0 saturated carbocycles. The van der Waals surface area contributed by atoms with E-state index in [0.29, 0.717) is 26.1 Å². The van der Waals surface area contributed by atoms with Crippen LogP contribution in [0.5, 0.6) is 0 Å². The van der Waals surface area contributed by atoms with Gasteiger partial charge >= 0.3 is 12.2 Å². The lowest BCUT2D eigenvalue weighted by atomic mass is 9.86. The number of rotatable bonds is 5. The van der Waals surface area contributed by atoms with Crippen molar-refractivity contribution in [3.05, 3.63) is 0 Å². The average molecular weight is 687 g/mol. The highest BCUT2D eigenvalue weighted by atomic mass is 32.2. The summed E-state index contributed by atoms with van der Waals surface area (Å²) in [5.74, 6) is 0.392. The van der Waals surface area contributed by atoms with E-state index < -0.39 is 43.5 Å². The van der Waals surface area contributed by atoms with E-state index in [1.165, 1.54) is 4.31 Å². The van der Waals surface area contributed by atoms with Gasteiger partial charge in [-0.1, -0.05) is 41.5 Å². The molecule has 2 fully saturated rings. The monoisotopic (exact) mass is 686 g/mol. The Balaban J connectivity index is 0.000000721. The van der Waals surface area contributed by atoms with Crippen molar-refractivity contribution in [2.75, 3.05) is 37.7 Å². The summed E-state index contributed by atoms with van der Waals surface area (Å²) in [5, 5.41) is 5.61. The molecule has 0 aromatic carbocycles. The highest BCUT2D eigenvalue weighted by Crippen LogP contribution is 2.24. The number of hydrogen-bond acceptors (Lipinski definition) is 10. The van der Waals surface area contributed by atoms with Gasteiger partial charge < -0.3 is 25.8 Å². The van der Waals surface area contributed by atoms with Crippen molar-refractivity contribution >= 4 is 32.3 Å². The molecule has 0 spiro atoms. The van der Waals surface area contributed by atoms with Gasteiger partial charge in [-0.05, 0) is 78.1 Å². The summed E-state index contributed by atoms with van der Waals surface area (Å²) in [6.07, 6.45) is 2.28. The summed E-state index contributed by atoms with van der Waals surface area (Å²) in [4.78, 5) is 23.5. The maximum absolute atomic E-state index is 12.1. The molecule has 2 heterocycles. The third kappa shape index (κ3) is 20.2.